The number of rotatable bonds is 2. The Kier molecular flexibility index (Phi) is 3.95. The fraction of sp³-hybridized carbons (Fsp3) is 0.786. The first-order chi connectivity index (χ1) is 7.79. The molecule has 0 aromatic heterocycles. The molecule has 88 valence electrons. The Bertz CT molecular complexity index is 286. The van der Waals surface area contributed by atoms with Crippen LogP contribution in [0.5, 0.6) is 0 Å². The molecule has 0 saturated heterocycles. The second-order valence-corrected chi connectivity index (χ2v) is 5.38. The molecule has 2 fully saturated rings. The second-order valence-electron chi connectivity index (χ2n) is 5.38. The van der Waals surface area contributed by atoms with E-state index < -0.39 is 0 Å². The number of carbonyl (C=O) groups excluding carboxylic acids is 1. The average molecular weight is 219 g/mol. The van der Waals surface area contributed by atoms with Crippen molar-refractivity contribution in [2.24, 2.45) is 16.8 Å². The summed E-state index contributed by atoms with van der Waals surface area (Å²) < 4.78 is 0. The number of hydrogen-bond donors (Lipinski definition) is 0. The fourth-order valence-corrected chi connectivity index (χ4v) is 3.30. The van der Waals surface area contributed by atoms with Gasteiger partial charge in [0.2, 0.25) is 6.08 Å². The van der Waals surface area contributed by atoms with E-state index in [0.717, 1.165) is 24.7 Å². The van der Waals surface area contributed by atoms with Gasteiger partial charge in [-0.05, 0) is 63.2 Å². The molecular weight excluding hydrogens is 198 g/mol. The highest BCUT2D eigenvalue weighted by Gasteiger charge is 2.28. The Morgan fingerprint density at radius 3 is 2.12 bits per heavy atom. The van der Waals surface area contributed by atoms with E-state index in [1.54, 1.807) is 6.08 Å². The van der Waals surface area contributed by atoms with Crippen molar-refractivity contribution in [3.63, 3.8) is 0 Å². The van der Waals surface area contributed by atoms with Crippen LogP contribution in [0.2, 0.25) is 0 Å². The molecule has 0 aromatic rings. The van der Waals surface area contributed by atoms with Gasteiger partial charge in [0.05, 0.1) is 6.04 Å². The first kappa shape index (κ1) is 11.6. The lowest BCUT2D eigenvalue weighted by Crippen LogP contribution is -2.25. The lowest BCUT2D eigenvalue weighted by molar-refractivity contribution is 0.201. The fourth-order valence-electron chi connectivity index (χ4n) is 3.30. The molecule has 0 bridgehead atoms. The van der Waals surface area contributed by atoms with Gasteiger partial charge < -0.3 is 0 Å². The molecule has 0 aromatic carbocycles. The third-order valence-corrected chi connectivity index (χ3v) is 4.38. The summed E-state index contributed by atoms with van der Waals surface area (Å²) in [5.74, 6) is 1.79. The molecule has 2 saturated carbocycles. The van der Waals surface area contributed by atoms with E-state index in [0.29, 0.717) is 0 Å². The van der Waals surface area contributed by atoms with Crippen molar-refractivity contribution in [2.75, 3.05) is 0 Å². The molecule has 2 aliphatic rings. The summed E-state index contributed by atoms with van der Waals surface area (Å²) in [6, 6.07) is 0.271. The van der Waals surface area contributed by atoms with Crippen LogP contribution in [0.1, 0.15) is 51.4 Å². The molecule has 0 atom stereocenters. The van der Waals surface area contributed by atoms with Gasteiger partial charge in [-0.15, -0.1) is 0 Å². The maximum atomic E-state index is 10.2. The van der Waals surface area contributed by atoms with Crippen LogP contribution in [-0.2, 0) is 4.79 Å². The molecule has 0 spiro atoms. The Balaban J connectivity index is 1.80. The van der Waals surface area contributed by atoms with Crippen LogP contribution < -0.4 is 0 Å². The molecular formula is C14H21NO. The molecule has 2 heteroatoms. The summed E-state index contributed by atoms with van der Waals surface area (Å²) in [6.07, 6.45) is 11.5. The number of nitrogens with zero attached hydrogens (tertiary/aromatic N) is 1. The zero-order valence-corrected chi connectivity index (χ0v) is 9.95. The summed E-state index contributed by atoms with van der Waals surface area (Å²) in [4.78, 5) is 14.0. The van der Waals surface area contributed by atoms with Crippen molar-refractivity contribution in [1.82, 2.24) is 0 Å². The second kappa shape index (κ2) is 5.45. The topological polar surface area (TPSA) is 29.4 Å². The predicted molar refractivity (Wildman–Crippen MR) is 65.0 cm³/mol. The highest BCUT2D eigenvalue weighted by molar-refractivity contribution is 5.33. The van der Waals surface area contributed by atoms with Gasteiger partial charge in [-0.1, -0.05) is 12.2 Å². The Morgan fingerprint density at radius 1 is 1.00 bits per heavy atom. The number of allylic oxidation sites excluding steroid dienone is 1. The Hall–Kier alpha value is -0.880. The number of hydrogen-bond acceptors (Lipinski definition) is 2. The molecule has 0 amide bonds. The van der Waals surface area contributed by atoms with Gasteiger partial charge in [0.25, 0.3) is 0 Å². The van der Waals surface area contributed by atoms with Crippen molar-refractivity contribution in [1.29, 1.82) is 0 Å². The van der Waals surface area contributed by atoms with Crippen LogP contribution in [0, 0.1) is 11.8 Å². The molecule has 0 N–H and O–H groups in total. The van der Waals surface area contributed by atoms with Crippen LogP contribution in [0.25, 0.3) is 0 Å². The maximum absolute atomic E-state index is 10.2. The third-order valence-electron chi connectivity index (χ3n) is 4.38. The zero-order chi connectivity index (χ0) is 11.4. The van der Waals surface area contributed by atoms with Crippen LogP contribution >= 0.6 is 0 Å². The van der Waals surface area contributed by atoms with E-state index in [4.69, 9.17) is 0 Å². The van der Waals surface area contributed by atoms with E-state index in [-0.39, 0.29) is 6.04 Å². The molecule has 0 aliphatic heterocycles. The smallest absolute Gasteiger partial charge is 0.211 e. The van der Waals surface area contributed by atoms with Gasteiger partial charge >= 0.3 is 0 Å². The Morgan fingerprint density at radius 2 is 1.56 bits per heavy atom. The van der Waals surface area contributed by atoms with E-state index in [1.807, 2.05) is 0 Å². The first-order valence-electron chi connectivity index (χ1n) is 6.53. The molecule has 0 radical (unpaired) electrons. The normalized spacial score (nSPS) is 32.1. The zero-order valence-electron chi connectivity index (χ0n) is 9.95. The van der Waals surface area contributed by atoms with Crippen LogP contribution in [0.4, 0.5) is 0 Å². The van der Waals surface area contributed by atoms with Crippen LogP contribution in [0.3, 0.4) is 0 Å². The van der Waals surface area contributed by atoms with Gasteiger partial charge in [-0.25, -0.2) is 9.79 Å². The summed E-state index contributed by atoms with van der Waals surface area (Å²) >= 11 is 0. The lowest BCUT2D eigenvalue weighted by atomic mass is 9.72. The molecule has 16 heavy (non-hydrogen) atoms. The summed E-state index contributed by atoms with van der Waals surface area (Å²) in [7, 11) is 0. The van der Waals surface area contributed by atoms with Crippen molar-refractivity contribution in [2.45, 2.75) is 57.4 Å². The molecule has 0 heterocycles. The minimum absolute atomic E-state index is 0.271. The van der Waals surface area contributed by atoms with Gasteiger partial charge in [0, 0.05) is 0 Å². The first-order valence-corrected chi connectivity index (χ1v) is 6.53. The summed E-state index contributed by atoms with van der Waals surface area (Å²) in [6.45, 7) is 4.07. The highest BCUT2D eigenvalue weighted by atomic mass is 16.1. The summed E-state index contributed by atoms with van der Waals surface area (Å²) in [5.41, 5.74) is 1.44. The molecule has 2 nitrogen and oxygen atoms in total. The Labute approximate surface area is 97.8 Å². The largest absolute Gasteiger partial charge is 0.235 e. The van der Waals surface area contributed by atoms with Crippen molar-refractivity contribution in [3.05, 3.63) is 12.2 Å². The highest BCUT2D eigenvalue weighted by Crippen LogP contribution is 2.39. The van der Waals surface area contributed by atoms with Gasteiger partial charge in [0.1, 0.15) is 0 Å². The van der Waals surface area contributed by atoms with Gasteiger partial charge in [-0.2, -0.15) is 0 Å². The van der Waals surface area contributed by atoms with E-state index in [2.05, 4.69) is 11.6 Å². The minimum atomic E-state index is 0.271. The molecule has 2 rings (SSSR count). The standard InChI is InChI=1S/C14H21NO/c1-11-2-4-12(5-3-11)13-6-8-14(9-7-13)15-10-16/h12-14H,1-9H2. The van der Waals surface area contributed by atoms with E-state index in [1.165, 1.54) is 44.1 Å². The van der Waals surface area contributed by atoms with Crippen LogP contribution in [0.15, 0.2) is 17.1 Å². The summed E-state index contributed by atoms with van der Waals surface area (Å²) in [5, 5.41) is 0. The molecule has 0 unspecified atom stereocenters. The van der Waals surface area contributed by atoms with Gasteiger partial charge in [-0.3, -0.25) is 0 Å². The van der Waals surface area contributed by atoms with E-state index in [9.17, 15) is 4.79 Å². The quantitative estimate of drug-likeness (QED) is 0.396. The third kappa shape index (κ3) is 2.82. The van der Waals surface area contributed by atoms with Gasteiger partial charge in [0.15, 0.2) is 0 Å². The van der Waals surface area contributed by atoms with Crippen molar-refractivity contribution in [3.8, 4) is 0 Å². The monoisotopic (exact) mass is 219 g/mol. The number of isocyanates is 1. The van der Waals surface area contributed by atoms with Crippen LogP contribution in [-0.4, -0.2) is 12.1 Å². The minimum Gasteiger partial charge on any atom is -0.211 e. The van der Waals surface area contributed by atoms with Crippen molar-refractivity contribution < 1.29 is 4.79 Å². The predicted octanol–water partition coefficient (Wildman–Crippen LogP) is 3.63. The maximum Gasteiger partial charge on any atom is 0.235 e. The lowest BCUT2D eigenvalue weighted by Gasteiger charge is -2.35. The average Bonchev–Trinajstić information content (AvgIpc) is 2.32. The number of aliphatic imine (C=N–C) groups is 1. The molecule has 2 aliphatic carbocycles. The van der Waals surface area contributed by atoms with E-state index >= 15 is 0 Å². The van der Waals surface area contributed by atoms with Crippen molar-refractivity contribution >= 4 is 6.08 Å². The SMILES string of the molecule is C=C1CCC(C2CCC(N=C=O)CC2)CC1.